The molecule has 2 aromatic rings. The molecule has 5 rings (SSSR count). The summed E-state index contributed by atoms with van der Waals surface area (Å²) in [5, 5.41) is 32.3. The van der Waals surface area contributed by atoms with E-state index in [4.69, 9.17) is 5.11 Å². The van der Waals surface area contributed by atoms with Gasteiger partial charge in [-0.1, -0.05) is 18.2 Å². The van der Waals surface area contributed by atoms with E-state index in [1.54, 1.807) is 30.3 Å². The molecule has 31 heavy (non-hydrogen) atoms. The second-order valence-corrected chi connectivity index (χ2v) is 8.12. The molecule has 2 aliphatic carbocycles. The fourth-order valence-electron chi connectivity index (χ4n) is 4.32. The Kier molecular flexibility index (Phi) is 4.75. The van der Waals surface area contributed by atoms with Crippen molar-refractivity contribution in [3.63, 3.8) is 0 Å². The molecule has 2 aromatic carbocycles. The van der Waals surface area contributed by atoms with Crippen molar-refractivity contribution in [3.05, 3.63) is 75.2 Å². The van der Waals surface area contributed by atoms with Crippen LogP contribution in [0, 0.1) is 0 Å². The summed E-state index contributed by atoms with van der Waals surface area (Å²) in [6.07, 6.45) is 4.74. The maximum absolute atomic E-state index is 12.7. The van der Waals surface area contributed by atoms with Gasteiger partial charge in [-0.3, -0.25) is 4.79 Å². The highest BCUT2D eigenvalue weighted by molar-refractivity contribution is 5.98. The Morgan fingerprint density at radius 2 is 1.58 bits per heavy atom. The third-order valence-electron chi connectivity index (χ3n) is 6.07. The van der Waals surface area contributed by atoms with Crippen molar-refractivity contribution >= 4 is 29.3 Å². The zero-order valence-corrected chi connectivity index (χ0v) is 16.7. The van der Waals surface area contributed by atoms with Crippen molar-refractivity contribution in [1.29, 1.82) is 0 Å². The number of carbonyl (C=O) groups excluding carboxylic acids is 1. The van der Waals surface area contributed by atoms with E-state index < -0.39 is 5.97 Å². The highest BCUT2D eigenvalue weighted by Crippen LogP contribution is 2.35. The van der Waals surface area contributed by atoms with Gasteiger partial charge in [0.15, 0.2) is 0 Å². The normalized spacial score (nSPS) is 21.5. The number of amides is 1. The van der Waals surface area contributed by atoms with Crippen LogP contribution in [0.25, 0.3) is 17.5 Å². The summed E-state index contributed by atoms with van der Waals surface area (Å²) in [5.74, 6) is -1.08. The van der Waals surface area contributed by atoms with Crippen molar-refractivity contribution in [2.75, 3.05) is 0 Å². The van der Waals surface area contributed by atoms with Gasteiger partial charge in [0.1, 0.15) is 11.4 Å². The van der Waals surface area contributed by atoms with Crippen molar-refractivity contribution in [2.45, 2.75) is 37.8 Å². The summed E-state index contributed by atoms with van der Waals surface area (Å²) in [6.45, 7) is 0. The molecular weight excluding hydrogens is 394 g/mol. The summed E-state index contributed by atoms with van der Waals surface area (Å²) < 4.78 is 0. The molecule has 0 radical (unpaired) electrons. The number of aliphatic hydroxyl groups excluding tert-OH is 1. The molecule has 0 bridgehead atoms. The van der Waals surface area contributed by atoms with Crippen LogP contribution in [0.15, 0.2) is 58.3 Å². The fourth-order valence-corrected chi connectivity index (χ4v) is 4.32. The highest BCUT2D eigenvalue weighted by atomic mass is 16.4. The SMILES string of the molecule is O=C(O)c1ccc(C2=C3C=c4cc(C(=O)NC5CCC(O)CC5)ccc4=C3N=N2)cc1. The Balaban J connectivity index is 1.43. The summed E-state index contributed by atoms with van der Waals surface area (Å²) in [4.78, 5) is 23.8. The van der Waals surface area contributed by atoms with Gasteiger partial charge in [0.25, 0.3) is 5.91 Å². The molecule has 3 N–H and O–H groups in total. The molecule has 1 saturated carbocycles. The van der Waals surface area contributed by atoms with Crippen LogP contribution in [-0.4, -0.2) is 34.2 Å². The lowest BCUT2D eigenvalue weighted by molar-refractivity contribution is 0.0696. The molecule has 7 nitrogen and oxygen atoms in total. The summed E-state index contributed by atoms with van der Waals surface area (Å²) in [6, 6.07) is 12.2. The average molecular weight is 415 g/mol. The van der Waals surface area contributed by atoms with Gasteiger partial charge in [0.2, 0.25) is 0 Å². The minimum absolute atomic E-state index is 0.0961. The minimum atomic E-state index is -0.973. The van der Waals surface area contributed by atoms with Gasteiger partial charge in [-0.2, -0.15) is 0 Å². The number of carbonyl (C=O) groups is 2. The molecule has 1 fully saturated rings. The molecule has 0 atom stereocenters. The van der Waals surface area contributed by atoms with E-state index in [9.17, 15) is 14.7 Å². The number of nitrogens with one attached hydrogen (secondary N) is 1. The number of nitrogens with zero attached hydrogens (tertiary/aromatic N) is 2. The number of aliphatic hydroxyl groups is 1. The predicted molar refractivity (Wildman–Crippen MR) is 114 cm³/mol. The zero-order chi connectivity index (χ0) is 21.5. The number of azo groups is 1. The van der Waals surface area contributed by atoms with E-state index in [2.05, 4.69) is 15.5 Å². The number of aromatic carboxylic acids is 1. The van der Waals surface area contributed by atoms with Gasteiger partial charge in [0, 0.05) is 28.0 Å². The van der Waals surface area contributed by atoms with E-state index in [1.807, 2.05) is 18.2 Å². The van der Waals surface area contributed by atoms with Crippen molar-refractivity contribution < 1.29 is 19.8 Å². The minimum Gasteiger partial charge on any atom is -0.478 e. The maximum atomic E-state index is 12.7. The first kappa shape index (κ1) is 19.4. The van der Waals surface area contributed by atoms with Crippen LogP contribution in [0.5, 0.6) is 0 Å². The summed E-state index contributed by atoms with van der Waals surface area (Å²) in [5.41, 5.74) is 3.93. The van der Waals surface area contributed by atoms with E-state index in [1.165, 1.54) is 0 Å². The van der Waals surface area contributed by atoms with Crippen LogP contribution in [0.1, 0.15) is 52.0 Å². The quantitative estimate of drug-likeness (QED) is 0.711. The average Bonchev–Trinajstić information content (AvgIpc) is 3.34. The van der Waals surface area contributed by atoms with Crippen LogP contribution < -0.4 is 15.8 Å². The number of fused-ring (bicyclic) bond motifs is 2. The van der Waals surface area contributed by atoms with Crippen LogP contribution in [-0.2, 0) is 0 Å². The van der Waals surface area contributed by atoms with E-state index in [0.29, 0.717) is 11.3 Å². The number of rotatable bonds is 4. The molecule has 0 saturated heterocycles. The molecule has 1 aliphatic heterocycles. The molecule has 0 aromatic heterocycles. The largest absolute Gasteiger partial charge is 0.478 e. The summed E-state index contributed by atoms with van der Waals surface area (Å²) >= 11 is 0. The third kappa shape index (κ3) is 3.57. The van der Waals surface area contributed by atoms with Crippen LogP contribution >= 0.6 is 0 Å². The Hall–Kier alpha value is -3.58. The molecule has 3 aliphatic rings. The van der Waals surface area contributed by atoms with Gasteiger partial charge >= 0.3 is 5.97 Å². The molecule has 1 heterocycles. The first-order chi connectivity index (χ1) is 15.0. The Morgan fingerprint density at radius 3 is 2.29 bits per heavy atom. The van der Waals surface area contributed by atoms with Crippen molar-refractivity contribution in [3.8, 4) is 0 Å². The van der Waals surface area contributed by atoms with E-state index in [-0.39, 0.29) is 23.6 Å². The lowest BCUT2D eigenvalue weighted by Gasteiger charge is -2.26. The number of hydrogen-bond donors (Lipinski definition) is 3. The Morgan fingerprint density at radius 1 is 0.903 bits per heavy atom. The number of carboxylic acids is 1. The topological polar surface area (TPSA) is 111 Å². The maximum Gasteiger partial charge on any atom is 0.335 e. The van der Waals surface area contributed by atoms with Gasteiger partial charge in [-0.25, -0.2) is 4.79 Å². The number of hydrogen-bond acceptors (Lipinski definition) is 5. The van der Waals surface area contributed by atoms with Gasteiger partial charge < -0.3 is 15.5 Å². The number of carboxylic acid groups (broad SMARTS) is 1. The summed E-state index contributed by atoms with van der Waals surface area (Å²) in [7, 11) is 0. The molecule has 0 spiro atoms. The Bertz CT molecular complexity index is 1270. The van der Waals surface area contributed by atoms with Crippen LogP contribution in [0.2, 0.25) is 0 Å². The molecule has 156 valence electrons. The predicted octanol–water partition coefficient (Wildman–Crippen LogP) is 2.20. The van der Waals surface area contributed by atoms with Gasteiger partial charge in [-0.05, 0) is 61.2 Å². The highest BCUT2D eigenvalue weighted by Gasteiger charge is 2.24. The first-order valence-electron chi connectivity index (χ1n) is 10.3. The first-order valence-corrected chi connectivity index (χ1v) is 10.3. The van der Waals surface area contributed by atoms with E-state index in [0.717, 1.165) is 53.0 Å². The fraction of sp³-hybridized carbons (Fsp3) is 0.250. The molecule has 0 unspecified atom stereocenters. The molecule has 7 heteroatoms. The lowest BCUT2D eigenvalue weighted by Crippen LogP contribution is -2.39. The lowest BCUT2D eigenvalue weighted by atomic mass is 9.93. The zero-order valence-electron chi connectivity index (χ0n) is 16.7. The molecule has 1 amide bonds. The molecular formula is C24H21N3O4. The third-order valence-corrected chi connectivity index (χ3v) is 6.07. The second-order valence-electron chi connectivity index (χ2n) is 8.12. The second kappa shape index (κ2) is 7.59. The smallest absolute Gasteiger partial charge is 0.335 e. The van der Waals surface area contributed by atoms with Gasteiger partial charge in [0.05, 0.1) is 11.7 Å². The standard InChI is InChI=1S/C24H21N3O4/c28-18-8-6-17(7-9-18)25-23(29)15-5-10-19-16(11-15)12-20-21(26-27-22(19)20)13-1-3-14(4-2-13)24(30)31/h1-5,10-12,17-18,28H,6-9H2,(H,25,29)(H,30,31). The van der Waals surface area contributed by atoms with Crippen LogP contribution in [0.3, 0.4) is 0 Å². The van der Waals surface area contributed by atoms with Crippen molar-refractivity contribution in [2.24, 2.45) is 10.2 Å². The van der Waals surface area contributed by atoms with E-state index >= 15 is 0 Å². The van der Waals surface area contributed by atoms with Crippen LogP contribution in [0.4, 0.5) is 0 Å². The van der Waals surface area contributed by atoms with Gasteiger partial charge in [-0.15, -0.1) is 10.2 Å². The monoisotopic (exact) mass is 415 g/mol. The number of benzene rings is 2. The Labute approximate surface area is 178 Å². The van der Waals surface area contributed by atoms with Crippen molar-refractivity contribution in [1.82, 2.24) is 5.32 Å².